The maximum Gasteiger partial charge on any atom is 0.186 e. The maximum absolute atomic E-state index is 5.66. The summed E-state index contributed by atoms with van der Waals surface area (Å²) in [5.41, 5.74) is 6.76. The van der Waals surface area contributed by atoms with Gasteiger partial charge in [-0.1, -0.05) is 0 Å². The fraction of sp³-hybridized carbons (Fsp3) is 0. The fourth-order valence-electron chi connectivity index (χ4n) is 0.937. The summed E-state index contributed by atoms with van der Waals surface area (Å²) < 4.78 is 0. The highest BCUT2D eigenvalue weighted by molar-refractivity contribution is 5.91. The Kier molecular flexibility index (Phi) is 1.82. The monoisotopic (exact) mass is 191 g/mol. The molecule has 0 atom stereocenters. The van der Waals surface area contributed by atoms with Gasteiger partial charge in [0, 0.05) is 6.72 Å². The fourth-order valence-corrected chi connectivity index (χ4v) is 0.937. The highest BCUT2D eigenvalue weighted by atomic mass is 15.4. The van der Waals surface area contributed by atoms with Crippen molar-refractivity contribution in [1.29, 1.82) is 0 Å². The summed E-state index contributed by atoms with van der Waals surface area (Å²) in [6.07, 6.45) is 0. The Balaban J connectivity index is 2.62. The predicted molar refractivity (Wildman–Crippen MR) is 48.0 cm³/mol. The number of nitrogens with two attached hydrogens (primary N) is 1. The van der Waals surface area contributed by atoms with Crippen LogP contribution in [0, 0.1) is 0 Å². The molecule has 2 aromatic heterocycles. The molecule has 0 spiro atoms. The zero-order valence-electron chi connectivity index (χ0n) is 6.91. The molecular formula is C5H5N9. The number of anilines is 1. The summed E-state index contributed by atoms with van der Waals surface area (Å²) in [6, 6.07) is 0. The Morgan fingerprint density at radius 2 is 2.07 bits per heavy atom. The summed E-state index contributed by atoms with van der Waals surface area (Å²) in [4.78, 5) is 2.75. The van der Waals surface area contributed by atoms with E-state index in [1.165, 1.54) is 0 Å². The van der Waals surface area contributed by atoms with E-state index >= 15 is 0 Å². The standard InChI is InChI=1S/C5H5N9/c1-7-12-10-4-2(6)3-5(8-4)11-14-13-9-3/h1,6H2,(H,8,11,13). The number of nitrogens with zero attached hydrogens (tertiary/aromatic N) is 7. The molecule has 3 N–H and O–H groups in total. The molecule has 0 radical (unpaired) electrons. The molecule has 0 aliphatic carbocycles. The molecule has 0 fully saturated rings. The van der Waals surface area contributed by atoms with Crippen molar-refractivity contribution in [3.8, 4) is 0 Å². The van der Waals surface area contributed by atoms with Gasteiger partial charge in [0.15, 0.2) is 17.0 Å². The number of aromatic nitrogens is 5. The van der Waals surface area contributed by atoms with Crippen LogP contribution in [0.5, 0.6) is 0 Å². The Morgan fingerprint density at radius 1 is 1.29 bits per heavy atom. The van der Waals surface area contributed by atoms with E-state index in [1.54, 1.807) is 0 Å². The van der Waals surface area contributed by atoms with Crippen LogP contribution in [0.3, 0.4) is 0 Å². The third-order valence-corrected chi connectivity index (χ3v) is 1.51. The van der Waals surface area contributed by atoms with Gasteiger partial charge in [-0.05, 0) is 15.7 Å². The Morgan fingerprint density at radius 3 is 2.79 bits per heavy atom. The van der Waals surface area contributed by atoms with E-state index < -0.39 is 0 Å². The number of nitrogens with one attached hydrogen (secondary N) is 1. The molecular weight excluding hydrogens is 186 g/mol. The normalized spacial score (nSPS) is 11.1. The number of fused-ring (bicyclic) bond motifs is 1. The predicted octanol–water partition coefficient (Wildman–Crippen LogP) is 0.0294. The summed E-state index contributed by atoms with van der Waals surface area (Å²) in [5, 5.41) is 24.2. The van der Waals surface area contributed by atoms with Crippen LogP contribution in [0.1, 0.15) is 0 Å². The third kappa shape index (κ3) is 1.16. The first-order valence-electron chi connectivity index (χ1n) is 3.53. The van der Waals surface area contributed by atoms with Crippen molar-refractivity contribution in [2.75, 3.05) is 5.73 Å². The number of rotatable bonds is 2. The molecule has 0 amide bonds. The number of nitrogen functional groups attached to an aromatic ring is 1. The van der Waals surface area contributed by atoms with Gasteiger partial charge in [-0.3, -0.25) is 0 Å². The average Bonchev–Trinajstić information content (AvgIpc) is 2.54. The molecule has 0 aliphatic rings. The Hall–Kier alpha value is -2.45. The molecule has 0 bridgehead atoms. The van der Waals surface area contributed by atoms with Crippen LogP contribution >= 0.6 is 0 Å². The van der Waals surface area contributed by atoms with Gasteiger partial charge in [0.25, 0.3) is 0 Å². The molecule has 0 saturated heterocycles. The summed E-state index contributed by atoms with van der Waals surface area (Å²) in [6.45, 7) is 3.14. The van der Waals surface area contributed by atoms with Crippen molar-refractivity contribution in [1.82, 2.24) is 25.6 Å². The zero-order valence-corrected chi connectivity index (χ0v) is 6.91. The lowest BCUT2D eigenvalue weighted by Gasteiger charge is -1.85. The molecule has 2 aromatic rings. The minimum Gasteiger partial charge on any atom is -0.394 e. The first kappa shape index (κ1) is 8.16. The largest absolute Gasteiger partial charge is 0.394 e. The van der Waals surface area contributed by atoms with Crippen LogP contribution in [0.2, 0.25) is 0 Å². The summed E-state index contributed by atoms with van der Waals surface area (Å²) >= 11 is 0. The van der Waals surface area contributed by atoms with Gasteiger partial charge in [0.2, 0.25) is 0 Å². The van der Waals surface area contributed by atoms with Crippen LogP contribution in [-0.2, 0) is 0 Å². The highest BCUT2D eigenvalue weighted by Gasteiger charge is 2.10. The van der Waals surface area contributed by atoms with Gasteiger partial charge in [-0.2, -0.15) is 0 Å². The molecule has 9 nitrogen and oxygen atoms in total. The van der Waals surface area contributed by atoms with Crippen LogP contribution in [0.25, 0.3) is 11.2 Å². The second-order valence-corrected chi connectivity index (χ2v) is 2.29. The van der Waals surface area contributed by atoms with Gasteiger partial charge >= 0.3 is 0 Å². The summed E-state index contributed by atoms with van der Waals surface area (Å²) in [5.74, 6) is 0.308. The SMILES string of the molecule is C=NN=Nc1[nH]c2nnnnc2c1N. The lowest BCUT2D eigenvalue weighted by atomic mass is 10.4. The van der Waals surface area contributed by atoms with Crippen molar-refractivity contribution in [2.24, 2.45) is 15.4 Å². The molecule has 0 aliphatic heterocycles. The molecule has 2 rings (SSSR count). The van der Waals surface area contributed by atoms with Gasteiger partial charge < -0.3 is 10.7 Å². The van der Waals surface area contributed by atoms with Crippen molar-refractivity contribution in [3.05, 3.63) is 0 Å². The number of hydrogen-bond acceptors (Lipinski definition) is 7. The van der Waals surface area contributed by atoms with Crippen LogP contribution in [0.15, 0.2) is 15.4 Å². The first-order chi connectivity index (χ1) is 6.83. The van der Waals surface area contributed by atoms with Crippen molar-refractivity contribution < 1.29 is 0 Å². The minimum absolute atomic E-state index is 0.301. The van der Waals surface area contributed by atoms with E-state index in [-0.39, 0.29) is 0 Å². The van der Waals surface area contributed by atoms with Crippen LogP contribution in [0.4, 0.5) is 11.5 Å². The van der Waals surface area contributed by atoms with Gasteiger partial charge in [0.1, 0.15) is 5.69 Å². The van der Waals surface area contributed by atoms with Gasteiger partial charge in [0.05, 0.1) is 0 Å². The number of hydrogen-bond donors (Lipinski definition) is 2. The smallest absolute Gasteiger partial charge is 0.186 e. The van der Waals surface area contributed by atoms with E-state index in [0.29, 0.717) is 22.7 Å². The van der Waals surface area contributed by atoms with E-state index in [0.717, 1.165) is 0 Å². The molecule has 9 heteroatoms. The molecule has 0 aromatic carbocycles. The van der Waals surface area contributed by atoms with Crippen LogP contribution < -0.4 is 5.73 Å². The topological polar surface area (TPSA) is 130 Å². The Labute approximate surface area is 77.1 Å². The van der Waals surface area contributed by atoms with E-state index in [9.17, 15) is 0 Å². The molecule has 70 valence electrons. The number of H-pyrrole nitrogens is 1. The lowest BCUT2D eigenvalue weighted by molar-refractivity contribution is 0.794. The van der Waals surface area contributed by atoms with Crippen molar-refractivity contribution in [2.45, 2.75) is 0 Å². The number of aromatic amines is 1. The summed E-state index contributed by atoms with van der Waals surface area (Å²) in [7, 11) is 0. The third-order valence-electron chi connectivity index (χ3n) is 1.51. The molecule has 0 saturated carbocycles. The molecule has 14 heavy (non-hydrogen) atoms. The van der Waals surface area contributed by atoms with E-state index in [4.69, 9.17) is 5.73 Å². The quantitative estimate of drug-likeness (QED) is 0.392. The van der Waals surface area contributed by atoms with Crippen molar-refractivity contribution >= 4 is 29.4 Å². The average molecular weight is 191 g/mol. The Bertz CT molecular complexity index is 497. The second kappa shape index (κ2) is 3.12. The molecule has 0 unspecified atom stereocenters. The minimum atomic E-state index is 0.301. The van der Waals surface area contributed by atoms with Crippen LogP contribution in [-0.4, -0.2) is 32.3 Å². The maximum atomic E-state index is 5.66. The second-order valence-electron chi connectivity index (χ2n) is 2.29. The van der Waals surface area contributed by atoms with Gasteiger partial charge in [-0.15, -0.1) is 20.4 Å². The van der Waals surface area contributed by atoms with Gasteiger partial charge in [-0.25, -0.2) is 0 Å². The van der Waals surface area contributed by atoms with Crippen molar-refractivity contribution in [3.63, 3.8) is 0 Å². The zero-order chi connectivity index (χ0) is 9.97. The molecule has 2 heterocycles. The lowest BCUT2D eigenvalue weighted by Crippen LogP contribution is -1.92. The highest BCUT2D eigenvalue weighted by Crippen LogP contribution is 2.27. The first-order valence-corrected chi connectivity index (χ1v) is 3.53. The van der Waals surface area contributed by atoms with E-state index in [1.807, 2.05) is 0 Å². The van der Waals surface area contributed by atoms with E-state index in [2.05, 4.69) is 47.8 Å².